The first-order valence-corrected chi connectivity index (χ1v) is 12.9. The molecule has 1 fully saturated rings. The number of aliphatic carboxylic acids is 1. The van der Waals surface area contributed by atoms with Crippen molar-refractivity contribution in [2.45, 2.75) is 83.4 Å². The molecule has 1 saturated heterocycles. The number of carboxylic acids is 1. The van der Waals surface area contributed by atoms with Gasteiger partial charge in [0.1, 0.15) is 17.8 Å². The topological polar surface area (TPSA) is 168 Å². The van der Waals surface area contributed by atoms with Crippen molar-refractivity contribution in [3.05, 3.63) is 36.0 Å². The van der Waals surface area contributed by atoms with E-state index in [9.17, 15) is 32.3 Å². The first-order valence-electron chi connectivity index (χ1n) is 12.9. The lowest BCUT2D eigenvalue weighted by Crippen LogP contribution is -2.66. The van der Waals surface area contributed by atoms with E-state index in [1.54, 1.807) is 0 Å². The van der Waals surface area contributed by atoms with Crippen molar-refractivity contribution in [1.82, 2.24) is 20.3 Å². The maximum absolute atomic E-state index is 13.2. The Balaban J connectivity index is 1.90. The Labute approximate surface area is 238 Å². The molecule has 0 spiro atoms. The van der Waals surface area contributed by atoms with Crippen molar-refractivity contribution in [3.63, 3.8) is 0 Å². The lowest BCUT2D eigenvalue weighted by molar-refractivity contribution is -0.274. The molecule has 1 aliphatic heterocycles. The van der Waals surface area contributed by atoms with Crippen molar-refractivity contribution in [2.24, 2.45) is 0 Å². The summed E-state index contributed by atoms with van der Waals surface area (Å²) >= 11 is 0. The van der Waals surface area contributed by atoms with E-state index in [-0.39, 0.29) is 30.8 Å². The molecular weight excluding hydrogens is 569 g/mol. The molecule has 5 atom stereocenters. The van der Waals surface area contributed by atoms with Gasteiger partial charge in [0.2, 0.25) is 5.91 Å². The lowest BCUT2D eigenvalue weighted by atomic mass is 9.95. The van der Waals surface area contributed by atoms with Crippen LogP contribution < -0.4 is 5.32 Å². The molecular formula is C26H31F3N4O9. The molecule has 0 saturated carbocycles. The monoisotopic (exact) mass is 600 g/mol. The highest BCUT2D eigenvalue weighted by atomic mass is 19.4. The van der Waals surface area contributed by atoms with Crippen LogP contribution in [0, 0.1) is 0 Å². The van der Waals surface area contributed by atoms with Crippen molar-refractivity contribution < 1.29 is 56.4 Å². The van der Waals surface area contributed by atoms with Gasteiger partial charge in [0, 0.05) is 39.4 Å². The minimum Gasteiger partial charge on any atom is -0.481 e. The summed E-state index contributed by atoms with van der Waals surface area (Å²) in [4.78, 5) is 46.9. The largest absolute Gasteiger partial charge is 0.481 e. The van der Waals surface area contributed by atoms with Crippen LogP contribution in [0.15, 0.2) is 30.5 Å². The molecule has 0 radical (unpaired) electrons. The maximum Gasteiger partial charge on any atom is 0.416 e. The van der Waals surface area contributed by atoms with Crippen LogP contribution in [0.4, 0.5) is 13.2 Å². The number of nitrogens with zero attached hydrogens (tertiary/aromatic N) is 3. The number of hydrogen-bond acceptors (Lipinski definition) is 10. The normalized spacial score (nSPS) is 22.3. The number of rotatable bonds is 12. The van der Waals surface area contributed by atoms with Gasteiger partial charge in [-0.3, -0.25) is 19.2 Å². The first kappa shape index (κ1) is 32.5. The van der Waals surface area contributed by atoms with E-state index in [1.807, 2.05) is 0 Å². The number of ether oxygens (including phenoxy) is 4. The number of unbranched alkanes of at least 4 members (excludes halogenated alkanes) is 1. The molecule has 16 heteroatoms. The van der Waals surface area contributed by atoms with E-state index in [0.717, 1.165) is 26.0 Å². The van der Waals surface area contributed by atoms with Gasteiger partial charge in [0.05, 0.1) is 18.3 Å². The summed E-state index contributed by atoms with van der Waals surface area (Å²) in [5.74, 6) is -3.00. The van der Waals surface area contributed by atoms with Crippen LogP contribution in [0.5, 0.6) is 0 Å². The van der Waals surface area contributed by atoms with E-state index >= 15 is 0 Å². The van der Waals surface area contributed by atoms with Crippen LogP contribution in [0.2, 0.25) is 0 Å². The number of carbonyl (C=O) groups excluding carboxylic acids is 3. The number of amides is 1. The molecule has 3 rings (SSSR count). The number of carbonyl (C=O) groups is 4. The van der Waals surface area contributed by atoms with Gasteiger partial charge in [-0.1, -0.05) is 17.3 Å². The molecule has 1 aromatic heterocycles. The third-order valence-corrected chi connectivity index (χ3v) is 6.08. The lowest BCUT2D eigenvalue weighted by Gasteiger charge is -2.45. The Morgan fingerprint density at radius 3 is 2.38 bits per heavy atom. The minimum atomic E-state index is -4.56. The van der Waals surface area contributed by atoms with E-state index in [4.69, 9.17) is 24.1 Å². The molecule has 2 N–H and O–H groups in total. The van der Waals surface area contributed by atoms with Crippen molar-refractivity contribution in [1.29, 1.82) is 0 Å². The summed E-state index contributed by atoms with van der Waals surface area (Å²) in [6.07, 6.45) is -7.51. The number of benzene rings is 1. The van der Waals surface area contributed by atoms with Crippen LogP contribution in [-0.2, 0) is 50.8 Å². The van der Waals surface area contributed by atoms with Gasteiger partial charge in [0.15, 0.2) is 18.5 Å². The Morgan fingerprint density at radius 2 is 1.76 bits per heavy atom. The van der Waals surface area contributed by atoms with E-state index in [0.29, 0.717) is 12.8 Å². The molecule has 0 bridgehead atoms. The molecule has 1 amide bonds. The van der Waals surface area contributed by atoms with Gasteiger partial charge >= 0.3 is 24.1 Å². The van der Waals surface area contributed by atoms with Gasteiger partial charge in [-0.2, -0.15) is 13.2 Å². The van der Waals surface area contributed by atoms with Crippen LogP contribution in [0.3, 0.4) is 0 Å². The summed E-state index contributed by atoms with van der Waals surface area (Å²) in [7, 11) is 0. The summed E-state index contributed by atoms with van der Waals surface area (Å²) in [6.45, 7) is 3.32. The second-order valence-electron chi connectivity index (χ2n) is 9.54. The Kier molecular flexibility index (Phi) is 11.0. The van der Waals surface area contributed by atoms with Gasteiger partial charge < -0.3 is 29.4 Å². The smallest absolute Gasteiger partial charge is 0.416 e. The molecule has 0 aliphatic carbocycles. The summed E-state index contributed by atoms with van der Waals surface area (Å²) < 4.78 is 63.6. The predicted molar refractivity (Wildman–Crippen MR) is 135 cm³/mol. The molecule has 1 aromatic carbocycles. The molecule has 13 nitrogen and oxygen atoms in total. The standard InChI is InChI=1S/C26H31F3N4O9/c1-14(34)30-22-24(41-16(3)36)23(40-15(2)35)20(42-25(22)39-10-5-4-9-21(37)38)13-33-12-19(31-32-33)17-7-6-8-18(11-17)26(27,28)29/h6-8,11-12,20,22-25H,4-5,9-10,13H2,1-3H3,(H,30,34)(H,37,38)/t20?,22-,23-,24?,25+/m0/s1. The fraction of sp³-hybridized carbons (Fsp3) is 0.538. The molecule has 2 unspecified atom stereocenters. The Bertz CT molecular complexity index is 1270. The summed E-state index contributed by atoms with van der Waals surface area (Å²) in [5, 5.41) is 19.4. The van der Waals surface area contributed by atoms with Gasteiger partial charge in [-0.05, 0) is 25.0 Å². The second kappa shape index (κ2) is 14.2. The highest BCUT2D eigenvalue weighted by molar-refractivity contribution is 5.73. The number of aromatic nitrogens is 3. The highest BCUT2D eigenvalue weighted by Gasteiger charge is 2.51. The van der Waals surface area contributed by atoms with Crippen LogP contribution in [-0.4, -0.2) is 81.2 Å². The van der Waals surface area contributed by atoms with Gasteiger partial charge in [-0.15, -0.1) is 5.10 Å². The number of esters is 2. The first-order chi connectivity index (χ1) is 19.7. The average Bonchev–Trinajstić information content (AvgIpc) is 3.35. The third-order valence-electron chi connectivity index (χ3n) is 6.08. The quantitative estimate of drug-likeness (QED) is 0.271. The van der Waals surface area contributed by atoms with E-state index in [2.05, 4.69) is 15.6 Å². The maximum atomic E-state index is 13.2. The van der Waals surface area contributed by atoms with E-state index < -0.39 is 66.2 Å². The fourth-order valence-corrected chi connectivity index (χ4v) is 4.38. The number of carboxylic acid groups (broad SMARTS) is 1. The molecule has 2 heterocycles. The fourth-order valence-electron chi connectivity index (χ4n) is 4.38. The van der Waals surface area contributed by atoms with Crippen LogP contribution in [0.25, 0.3) is 11.3 Å². The molecule has 1 aliphatic rings. The van der Waals surface area contributed by atoms with Gasteiger partial charge in [-0.25, -0.2) is 4.68 Å². The molecule has 42 heavy (non-hydrogen) atoms. The summed E-state index contributed by atoms with van der Waals surface area (Å²) in [5.41, 5.74) is -0.584. The predicted octanol–water partition coefficient (Wildman–Crippen LogP) is 2.33. The average molecular weight is 601 g/mol. The minimum absolute atomic E-state index is 0.0226. The van der Waals surface area contributed by atoms with Crippen molar-refractivity contribution in [3.8, 4) is 11.3 Å². The molecule has 230 valence electrons. The van der Waals surface area contributed by atoms with E-state index in [1.165, 1.54) is 29.9 Å². The molecule has 2 aromatic rings. The van der Waals surface area contributed by atoms with Crippen molar-refractivity contribution >= 4 is 23.8 Å². The SMILES string of the molecule is CC(=O)N[C@H]1C(OC(C)=O)[C@@H](OC(C)=O)C(Cn2cc(-c3cccc(C(F)(F)F)c3)nn2)O[C@H]1OCCCCC(=O)O. The Hall–Kier alpha value is -4.05. The van der Waals surface area contributed by atoms with Crippen LogP contribution >= 0.6 is 0 Å². The zero-order valence-corrected chi connectivity index (χ0v) is 23.0. The number of halogens is 3. The van der Waals surface area contributed by atoms with Crippen LogP contribution in [0.1, 0.15) is 45.6 Å². The van der Waals surface area contributed by atoms with Crippen molar-refractivity contribution in [2.75, 3.05) is 6.61 Å². The zero-order valence-electron chi connectivity index (χ0n) is 23.0. The highest BCUT2D eigenvalue weighted by Crippen LogP contribution is 2.32. The zero-order chi connectivity index (χ0) is 31.0. The number of alkyl halides is 3. The summed E-state index contributed by atoms with van der Waals surface area (Å²) in [6, 6.07) is 3.41. The second-order valence-corrected chi connectivity index (χ2v) is 9.54. The number of hydrogen-bond donors (Lipinski definition) is 2. The number of nitrogens with one attached hydrogen (secondary N) is 1. The third kappa shape index (κ3) is 9.24. The van der Waals surface area contributed by atoms with Gasteiger partial charge in [0.25, 0.3) is 0 Å². The Morgan fingerprint density at radius 1 is 1.07 bits per heavy atom.